The molecule has 2 saturated heterocycles. The summed E-state index contributed by atoms with van der Waals surface area (Å²) in [5.74, 6) is 0.0608. The number of carbonyl (C=O) groups excluding carboxylic acids is 1. The number of ether oxygens (including phenoxy) is 2. The Balaban J connectivity index is 1.48. The highest BCUT2D eigenvalue weighted by Crippen LogP contribution is 2.21. The van der Waals surface area contributed by atoms with Gasteiger partial charge in [-0.1, -0.05) is 0 Å². The number of nitrogens with zero attached hydrogens (tertiary/aromatic N) is 4. The van der Waals surface area contributed by atoms with E-state index in [1.807, 2.05) is 16.5 Å². The molecule has 1 aromatic heterocycles. The van der Waals surface area contributed by atoms with E-state index in [2.05, 4.69) is 10.1 Å². The van der Waals surface area contributed by atoms with Gasteiger partial charge < -0.3 is 14.4 Å². The monoisotopic (exact) mass is 322 g/mol. The molecule has 0 saturated carbocycles. The molecule has 3 heterocycles. The highest BCUT2D eigenvalue weighted by atomic mass is 16.5. The van der Waals surface area contributed by atoms with E-state index in [4.69, 9.17) is 9.47 Å². The second kappa shape index (κ2) is 7.88. The maximum absolute atomic E-state index is 12.6. The van der Waals surface area contributed by atoms with Crippen LogP contribution in [-0.4, -0.2) is 64.1 Å². The first-order chi connectivity index (χ1) is 11.2. The van der Waals surface area contributed by atoms with Crippen LogP contribution < -0.4 is 0 Å². The van der Waals surface area contributed by atoms with Gasteiger partial charge in [0.15, 0.2) is 0 Å². The van der Waals surface area contributed by atoms with Gasteiger partial charge in [-0.05, 0) is 39.0 Å². The summed E-state index contributed by atoms with van der Waals surface area (Å²) in [5, 5.41) is 4.20. The van der Waals surface area contributed by atoms with Crippen LogP contribution in [0.15, 0.2) is 12.7 Å². The van der Waals surface area contributed by atoms with Crippen LogP contribution >= 0.6 is 0 Å². The van der Waals surface area contributed by atoms with Gasteiger partial charge in [0.2, 0.25) is 0 Å². The first-order valence-electron chi connectivity index (χ1n) is 8.60. The van der Waals surface area contributed by atoms with Gasteiger partial charge in [0, 0.05) is 19.7 Å². The molecule has 0 N–H and O–H groups in total. The van der Waals surface area contributed by atoms with E-state index < -0.39 is 6.10 Å². The van der Waals surface area contributed by atoms with Crippen LogP contribution in [0.3, 0.4) is 0 Å². The predicted molar refractivity (Wildman–Crippen MR) is 83.9 cm³/mol. The standard InChI is InChI=1S/C16H26N4O3/c1-13(23-10-15-6-2-3-8-22-15)16(21)19-7-4-5-14(9-19)20-12-17-11-18-20/h11-15H,2-10H2,1H3/t13-,14+,15-/m0/s1. The summed E-state index contributed by atoms with van der Waals surface area (Å²) in [4.78, 5) is 18.5. The van der Waals surface area contributed by atoms with Gasteiger partial charge in [0.25, 0.3) is 5.91 Å². The zero-order valence-corrected chi connectivity index (χ0v) is 13.8. The SMILES string of the molecule is C[C@H](OC[C@@H]1CCCCO1)C(=O)N1CCC[C@@H](n2cncn2)C1. The highest BCUT2D eigenvalue weighted by molar-refractivity contribution is 5.80. The van der Waals surface area contributed by atoms with Crippen LogP contribution in [0.4, 0.5) is 0 Å². The van der Waals surface area contributed by atoms with Crippen molar-refractivity contribution in [2.75, 3.05) is 26.3 Å². The molecule has 1 aromatic rings. The minimum atomic E-state index is -0.421. The quantitative estimate of drug-likeness (QED) is 0.820. The van der Waals surface area contributed by atoms with Crippen LogP contribution in [0.5, 0.6) is 0 Å². The zero-order chi connectivity index (χ0) is 16.1. The van der Waals surface area contributed by atoms with Gasteiger partial charge >= 0.3 is 0 Å². The van der Waals surface area contributed by atoms with Crippen LogP contribution in [0.1, 0.15) is 45.1 Å². The van der Waals surface area contributed by atoms with Crippen molar-refractivity contribution < 1.29 is 14.3 Å². The number of piperidine rings is 1. The molecule has 0 bridgehead atoms. The number of hydrogen-bond donors (Lipinski definition) is 0. The molecule has 0 spiro atoms. The maximum atomic E-state index is 12.6. The van der Waals surface area contributed by atoms with Gasteiger partial charge in [-0.15, -0.1) is 0 Å². The lowest BCUT2D eigenvalue weighted by atomic mass is 10.1. The minimum absolute atomic E-state index is 0.0608. The number of hydrogen-bond acceptors (Lipinski definition) is 5. The fourth-order valence-electron chi connectivity index (χ4n) is 3.30. The number of rotatable bonds is 5. The molecule has 0 aromatic carbocycles. The van der Waals surface area contributed by atoms with Gasteiger partial charge in [-0.25, -0.2) is 9.67 Å². The molecule has 2 aliphatic rings. The number of aromatic nitrogens is 3. The van der Waals surface area contributed by atoms with E-state index in [0.717, 1.165) is 38.8 Å². The summed E-state index contributed by atoms with van der Waals surface area (Å²) in [5.41, 5.74) is 0. The molecular weight excluding hydrogens is 296 g/mol. The van der Waals surface area contributed by atoms with E-state index in [-0.39, 0.29) is 18.1 Å². The lowest BCUT2D eigenvalue weighted by Crippen LogP contribution is -2.46. The largest absolute Gasteiger partial charge is 0.376 e. The van der Waals surface area contributed by atoms with E-state index in [1.165, 1.54) is 12.7 Å². The fourth-order valence-corrected chi connectivity index (χ4v) is 3.30. The Morgan fingerprint density at radius 3 is 3.04 bits per heavy atom. The molecule has 0 aliphatic carbocycles. The molecule has 2 fully saturated rings. The molecule has 3 atom stereocenters. The lowest BCUT2D eigenvalue weighted by molar-refractivity contribution is -0.147. The predicted octanol–water partition coefficient (Wildman–Crippen LogP) is 1.42. The summed E-state index contributed by atoms with van der Waals surface area (Å²) in [6, 6.07) is 0.212. The fraction of sp³-hybridized carbons (Fsp3) is 0.812. The van der Waals surface area contributed by atoms with Crippen molar-refractivity contribution in [3.63, 3.8) is 0 Å². The Hall–Kier alpha value is -1.47. The summed E-state index contributed by atoms with van der Waals surface area (Å²) >= 11 is 0. The summed E-state index contributed by atoms with van der Waals surface area (Å²) < 4.78 is 13.3. The lowest BCUT2D eigenvalue weighted by Gasteiger charge is -2.34. The van der Waals surface area contributed by atoms with E-state index >= 15 is 0 Å². The first-order valence-corrected chi connectivity index (χ1v) is 8.60. The van der Waals surface area contributed by atoms with Crippen molar-refractivity contribution in [1.82, 2.24) is 19.7 Å². The van der Waals surface area contributed by atoms with Gasteiger partial charge in [-0.3, -0.25) is 4.79 Å². The van der Waals surface area contributed by atoms with Crippen molar-refractivity contribution in [1.29, 1.82) is 0 Å². The van der Waals surface area contributed by atoms with Crippen LogP contribution in [0.2, 0.25) is 0 Å². The maximum Gasteiger partial charge on any atom is 0.251 e. The average Bonchev–Trinajstić information content (AvgIpc) is 3.15. The molecule has 128 valence electrons. The summed E-state index contributed by atoms with van der Waals surface area (Å²) in [6.45, 7) is 4.62. The number of likely N-dealkylation sites (tertiary alicyclic amines) is 1. The van der Waals surface area contributed by atoms with E-state index in [0.29, 0.717) is 13.2 Å². The highest BCUT2D eigenvalue weighted by Gasteiger charge is 2.29. The van der Waals surface area contributed by atoms with Gasteiger partial charge in [-0.2, -0.15) is 5.10 Å². The molecule has 7 heteroatoms. The van der Waals surface area contributed by atoms with Crippen molar-refractivity contribution in [3.8, 4) is 0 Å². The van der Waals surface area contributed by atoms with Crippen LogP contribution in [0, 0.1) is 0 Å². The normalized spacial score (nSPS) is 26.9. The van der Waals surface area contributed by atoms with E-state index in [9.17, 15) is 4.79 Å². The summed E-state index contributed by atoms with van der Waals surface area (Å²) in [6.07, 6.45) is 8.32. The molecule has 0 radical (unpaired) electrons. The Bertz CT molecular complexity index is 488. The molecule has 1 amide bonds. The first kappa shape index (κ1) is 16.4. The third-order valence-corrected chi connectivity index (χ3v) is 4.67. The number of amides is 1. The molecule has 23 heavy (non-hydrogen) atoms. The minimum Gasteiger partial charge on any atom is -0.376 e. The van der Waals surface area contributed by atoms with E-state index in [1.54, 1.807) is 6.33 Å². The molecular formula is C16H26N4O3. The Morgan fingerprint density at radius 2 is 2.30 bits per heavy atom. The van der Waals surface area contributed by atoms with Crippen molar-refractivity contribution >= 4 is 5.91 Å². The number of carbonyl (C=O) groups is 1. The summed E-state index contributed by atoms with van der Waals surface area (Å²) in [7, 11) is 0. The van der Waals surface area contributed by atoms with Crippen molar-refractivity contribution in [3.05, 3.63) is 12.7 Å². The third-order valence-electron chi connectivity index (χ3n) is 4.67. The van der Waals surface area contributed by atoms with Gasteiger partial charge in [0.05, 0.1) is 18.8 Å². The van der Waals surface area contributed by atoms with Crippen molar-refractivity contribution in [2.45, 2.75) is 57.3 Å². The topological polar surface area (TPSA) is 69.5 Å². The second-order valence-corrected chi connectivity index (χ2v) is 6.42. The molecule has 2 aliphatic heterocycles. The van der Waals surface area contributed by atoms with Gasteiger partial charge in [0.1, 0.15) is 18.8 Å². The Kier molecular flexibility index (Phi) is 5.61. The average molecular weight is 322 g/mol. The molecule has 7 nitrogen and oxygen atoms in total. The molecule has 3 rings (SSSR count). The van der Waals surface area contributed by atoms with Crippen LogP contribution in [0.25, 0.3) is 0 Å². The van der Waals surface area contributed by atoms with Crippen molar-refractivity contribution in [2.24, 2.45) is 0 Å². The third kappa shape index (κ3) is 4.29. The zero-order valence-electron chi connectivity index (χ0n) is 13.8. The smallest absolute Gasteiger partial charge is 0.251 e. The molecule has 0 unspecified atom stereocenters. The van der Waals surface area contributed by atoms with Crippen LogP contribution in [-0.2, 0) is 14.3 Å². The second-order valence-electron chi connectivity index (χ2n) is 6.42. The Labute approximate surface area is 137 Å². The Morgan fingerprint density at radius 1 is 1.39 bits per heavy atom.